The molecule has 0 amide bonds. The third kappa shape index (κ3) is 4.38. The average Bonchev–Trinajstić information content (AvgIpc) is 1.85. The lowest BCUT2D eigenvalue weighted by atomic mass is 10.1. The lowest BCUT2D eigenvalue weighted by molar-refractivity contribution is 0.263. The van der Waals surface area contributed by atoms with Crippen LogP contribution in [-0.2, 0) is 0 Å². The Morgan fingerprint density at radius 3 is 1.92 bits per heavy atom. The van der Waals surface area contributed by atoms with E-state index in [4.69, 9.17) is 0 Å². The Kier molecular flexibility index (Phi) is 4.30. The van der Waals surface area contributed by atoms with Gasteiger partial charge < -0.3 is 0 Å². The highest BCUT2D eigenvalue weighted by atomic mass is 15.1. The second kappa shape index (κ2) is 4.49. The summed E-state index contributed by atoms with van der Waals surface area (Å²) in [6.07, 6.45) is 0. The Morgan fingerprint density at radius 1 is 1.08 bits per heavy atom. The van der Waals surface area contributed by atoms with Crippen molar-refractivity contribution in [1.29, 1.82) is 0 Å². The molecule has 0 aromatic rings. The molecule has 0 bridgehead atoms. The molecule has 0 spiro atoms. The van der Waals surface area contributed by atoms with Gasteiger partial charge in [-0.3, -0.25) is 9.80 Å². The molecule has 0 heterocycles. The Labute approximate surface area is 76.5 Å². The molecule has 0 aliphatic heterocycles. The van der Waals surface area contributed by atoms with Gasteiger partial charge in [0.15, 0.2) is 0 Å². The highest BCUT2D eigenvalue weighted by Crippen LogP contribution is 2.06. The van der Waals surface area contributed by atoms with Crippen molar-refractivity contribution >= 4 is 0 Å². The predicted molar refractivity (Wildman–Crippen MR) is 54.1 cm³/mol. The summed E-state index contributed by atoms with van der Waals surface area (Å²) in [5, 5.41) is 0. The summed E-state index contributed by atoms with van der Waals surface area (Å²) in [5.74, 6) is 6.36. The molecule has 0 N–H and O–H groups in total. The number of hydrogen-bond acceptors (Lipinski definition) is 2. The van der Waals surface area contributed by atoms with Crippen molar-refractivity contribution < 1.29 is 0 Å². The van der Waals surface area contributed by atoms with Crippen LogP contribution < -0.4 is 0 Å². The molecule has 0 unspecified atom stereocenters. The molecule has 0 atom stereocenters. The average molecular weight is 168 g/mol. The van der Waals surface area contributed by atoms with Crippen molar-refractivity contribution in [1.82, 2.24) is 9.80 Å². The highest BCUT2D eigenvalue weighted by molar-refractivity contribution is 5.14. The summed E-state index contributed by atoms with van der Waals surface area (Å²) in [7, 11) is 8.14. The molecular weight excluding hydrogens is 148 g/mol. The molecule has 0 aliphatic rings. The van der Waals surface area contributed by atoms with Crippen molar-refractivity contribution in [3.63, 3.8) is 0 Å². The first-order chi connectivity index (χ1) is 5.36. The summed E-state index contributed by atoms with van der Waals surface area (Å²) in [4.78, 5) is 4.19. The van der Waals surface area contributed by atoms with Crippen LogP contribution >= 0.6 is 0 Å². The standard InChI is InChI=1S/C10H20N2/c1-10(2,12(5)6)8-7-9-11(3)4/h9H2,1-6H3. The predicted octanol–water partition coefficient (Wildman–Crippen LogP) is 0.892. The second-order valence-corrected chi connectivity index (χ2v) is 3.99. The van der Waals surface area contributed by atoms with E-state index < -0.39 is 0 Å². The molecule has 0 aromatic heterocycles. The van der Waals surface area contributed by atoms with E-state index in [-0.39, 0.29) is 5.54 Å². The Morgan fingerprint density at radius 2 is 1.58 bits per heavy atom. The van der Waals surface area contributed by atoms with Crippen molar-refractivity contribution in [2.24, 2.45) is 0 Å². The molecule has 0 rings (SSSR count). The van der Waals surface area contributed by atoms with E-state index in [1.165, 1.54) is 0 Å². The van der Waals surface area contributed by atoms with Crippen LogP contribution in [0, 0.1) is 11.8 Å². The van der Waals surface area contributed by atoms with E-state index >= 15 is 0 Å². The van der Waals surface area contributed by atoms with Crippen molar-refractivity contribution in [3.05, 3.63) is 0 Å². The van der Waals surface area contributed by atoms with Gasteiger partial charge in [-0.1, -0.05) is 11.8 Å². The van der Waals surface area contributed by atoms with Gasteiger partial charge in [0.05, 0.1) is 12.1 Å². The number of rotatable bonds is 2. The Hall–Kier alpha value is -0.520. The fourth-order valence-corrected chi connectivity index (χ4v) is 0.526. The summed E-state index contributed by atoms with van der Waals surface area (Å²) in [5.41, 5.74) is -0.0178. The van der Waals surface area contributed by atoms with Gasteiger partial charge in [0.1, 0.15) is 0 Å². The minimum atomic E-state index is -0.0178. The van der Waals surface area contributed by atoms with Crippen molar-refractivity contribution in [3.8, 4) is 11.8 Å². The zero-order valence-electron chi connectivity index (χ0n) is 9.10. The molecule has 0 radical (unpaired) electrons. The smallest absolute Gasteiger partial charge is 0.0764 e. The van der Waals surface area contributed by atoms with E-state index in [0.29, 0.717) is 0 Å². The maximum Gasteiger partial charge on any atom is 0.0764 e. The monoisotopic (exact) mass is 168 g/mol. The van der Waals surface area contributed by atoms with Gasteiger partial charge in [-0.15, -0.1) is 0 Å². The first-order valence-electron chi connectivity index (χ1n) is 4.18. The van der Waals surface area contributed by atoms with Gasteiger partial charge in [0.25, 0.3) is 0 Å². The molecular formula is C10H20N2. The summed E-state index contributed by atoms with van der Waals surface area (Å²) in [6, 6.07) is 0. The molecule has 70 valence electrons. The van der Waals surface area contributed by atoms with E-state index in [2.05, 4.69) is 35.5 Å². The van der Waals surface area contributed by atoms with Gasteiger partial charge in [-0.05, 0) is 42.0 Å². The van der Waals surface area contributed by atoms with Gasteiger partial charge in [0.2, 0.25) is 0 Å². The van der Waals surface area contributed by atoms with Crippen LogP contribution in [0.1, 0.15) is 13.8 Å². The fraction of sp³-hybridized carbons (Fsp3) is 0.800. The van der Waals surface area contributed by atoms with E-state index in [1.54, 1.807) is 0 Å². The minimum absolute atomic E-state index is 0.0178. The van der Waals surface area contributed by atoms with Crippen LogP contribution in [0.5, 0.6) is 0 Å². The number of nitrogens with zero attached hydrogens (tertiary/aromatic N) is 2. The maximum atomic E-state index is 3.22. The lowest BCUT2D eigenvalue weighted by Gasteiger charge is -2.26. The van der Waals surface area contributed by atoms with Crippen molar-refractivity contribution in [2.45, 2.75) is 19.4 Å². The minimum Gasteiger partial charge on any atom is -0.299 e. The summed E-state index contributed by atoms with van der Waals surface area (Å²) < 4.78 is 0. The van der Waals surface area contributed by atoms with Crippen LogP contribution in [0.4, 0.5) is 0 Å². The SMILES string of the molecule is CN(C)CC#CC(C)(C)N(C)C. The topological polar surface area (TPSA) is 6.48 Å². The maximum absolute atomic E-state index is 3.22. The van der Waals surface area contributed by atoms with E-state index in [0.717, 1.165) is 6.54 Å². The molecule has 0 saturated carbocycles. The first kappa shape index (κ1) is 11.5. The highest BCUT2D eigenvalue weighted by Gasteiger charge is 2.15. The molecule has 0 saturated heterocycles. The lowest BCUT2D eigenvalue weighted by Crippen LogP contribution is -2.36. The quantitative estimate of drug-likeness (QED) is 0.565. The fourth-order valence-electron chi connectivity index (χ4n) is 0.526. The zero-order chi connectivity index (χ0) is 9.78. The van der Waals surface area contributed by atoms with Crippen LogP contribution in [0.3, 0.4) is 0 Å². The third-order valence-corrected chi connectivity index (χ3v) is 1.91. The first-order valence-corrected chi connectivity index (χ1v) is 4.18. The van der Waals surface area contributed by atoms with Crippen LogP contribution in [0.25, 0.3) is 0 Å². The normalized spacial score (nSPS) is 11.7. The molecule has 0 aliphatic carbocycles. The van der Waals surface area contributed by atoms with Crippen molar-refractivity contribution in [2.75, 3.05) is 34.7 Å². The Bertz CT molecular complexity index is 182. The zero-order valence-corrected chi connectivity index (χ0v) is 9.10. The Balaban J connectivity index is 4.09. The number of hydrogen-bond donors (Lipinski definition) is 0. The van der Waals surface area contributed by atoms with Crippen LogP contribution in [0.2, 0.25) is 0 Å². The van der Waals surface area contributed by atoms with Gasteiger partial charge in [-0.25, -0.2) is 0 Å². The van der Waals surface area contributed by atoms with Gasteiger partial charge in [-0.2, -0.15) is 0 Å². The van der Waals surface area contributed by atoms with E-state index in [1.807, 2.05) is 28.2 Å². The van der Waals surface area contributed by atoms with E-state index in [9.17, 15) is 0 Å². The molecule has 0 fully saturated rings. The molecule has 2 nitrogen and oxygen atoms in total. The second-order valence-electron chi connectivity index (χ2n) is 3.99. The van der Waals surface area contributed by atoms with Gasteiger partial charge in [0, 0.05) is 0 Å². The summed E-state index contributed by atoms with van der Waals surface area (Å²) in [6.45, 7) is 5.07. The summed E-state index contributed by atoms with van der Waals surface area (Å²) >= 11 is 0. The molecule has 0 aromatic carbocycles. The largest absolute Gasteiger partial charge is 0.299 e. The van der Waals surface area contributed by atoms with Crippen LogP contribution in [-0.4, -0.2) is 50.1 Å². The van der Waals surface area contributed by atoms with Gasteiger partial charge >= 0.3 is 0 Å². The molecule has 12 heavy (non-hydrogen) atoms. The van der Waals surface area contributed by atoms with Crippen LogP contribution in [0.15, 0.2) is 0 Å². The molecule has 2 heteroatoms. The third-order valence-electron chi connectivity index (χ3n) is 1.91.